The second kappa shape index (κ2) is 8.33. The fourth-order valence-electron chi connectivity index (χ4n) is 5.24. The number of nitrogens with one attached hydrogen (secondary N) is 1. The third-order valence-corrected chi connectivity index (χ3v) is 7.15. The van der Waals surface area contributed by atoms with Crippen LogP contribution in [0.25, 0.3) is 10.9 Å². The fraction of sp³-hybridized carbons (Fsp3) is 0.286. The monoisotopic (exact) mass is 410 g/mol. The minimum atomic E-state index is -0.477. The molecule has 0 aliphatic carbocycles. The first-order valence-electron chi connectivity index (χ1n) is 11.2. The van der Waals surface area contributed by atoms with Crippen LogP contribution in [0.15, 0.2) is 91.1 Å². The second-order valence-corrected chi connectivity index (χ2v) is 9.00. The van der Waals surface area contributed by atoms with Crippen LogP contribution in [0.4, 0.5) is 0 Å². The van der Waals surface area contributed by atoms with Gasteiger partial charge in [-0.05, 0) is 66.6 Å². The number of likely N-dealkylation sites (tertiary alicyclic amines) is 1. The molecule has 1 aliphatic rings. The van der Waals surface area contributed by atoms with Gasteiger partial charge in [0.25, 0.3) is 0 Å². The third-order valence-electron chi connectivity index (χ3n) is 7.15. The molecule has 1 aliphatic heterocycles. The molecule has 0 saturated carbocycles. The molecule has 1 fully saturated rings. The Morgan fingerprint density at radius 1 is 0.935 bits per heavy atom. The summed E-state index contributed by atoms with van der Waals surface area (Å²) in [5.41, 5.74) is 4.76. The van der Waals surface area contributed by atoms with Gasteiger partial charge in [-0.2, -0.15) is 0 Å². The maximum atomic E-state index is 11.2. The average Bonchev–Trinajstić information content (AvgIpc) is 3.47. The lowest BCUT2D eigenvalue weighted by atomic mass is 9.74. The van der Waals surface area contributed by atoms with Crippen LogP contribution in [0.2, 0.25) is 0 Å². The zero-order valence-electron chi connectivity index (χ0n) is 18.0. The molecule has 4 aromatic rings. The van der Waals surface area contributed by atoms with Gasteiger partial charge in [0.05, 0.1) is 6.10 Å². The lowest BCUT2D eigenvalue weighted by Crippen LogP contribution is -2.34. The fourth-order valence-corrected chi connectivity index (χ4v) is 5.24. The van der Waals surface area contributed by atoms with E-state index in [1.807, 2.05) is 36.5 Å². The lowest BCUT2D eigenvalue weighted by molar-refractivity contribution is 0.128. The highest BCUT2D eigenvalue weighted by Crippen LogP contribution is 2.44. The summed E-state index contributed by atoms with van der Waals surface area (Å²) in [5.74, 6) is 0. The van der Waals surface area contributed by atoms with Crippen molar-refractivity contribution in [1.82, 2.24) is 9.88 Å². The topological polar surface area (TPSA) is 39.3 Å². The quantitative estimate of drug-likeness (QED) is 0.409. The summed E-state index contributed by atoms with van der Waals surface area (Å²) in [6.45, 7) is 4.28. The second-order valence-electron chi connectivity index (χ2n) is 9.00. The van der Waals surface area contributed by atoms with Crippen LogP contribution in [-0.4, -0.2) is 28.1 Å². The molecule has 0 spiro atoms. The number of hydrogen-bond donors (Lipinski definition) is 2. The predicted octanol–water partition coefficient (Wildman–Crippen LogP) is 6.00. The van der Waals surface area contributed by atoms with E-state index >= 15 is 0 Å². The molecule has 3 nitrogen and oxygen atoms in total. The number of benzene rings is 3. The minimum absolute atomic E-state index is 0.0796. The summed E-state index contributed by atoms with van der Waals surface area (Å²) in [5, 5.41) is 12.4. The van der Waals surface area contributed by atoms with Crippen LogP contribution < -0.4 is 0 Å². The van der Waals surface area contributed by atoms with Crippen LogP contribution in [-0.2, 0) is 5.41 Å². The molecule has 158 valence electrons. The summed E-state index contributed by atoms with van der Waals surface area (Å²) < 4.78 is 0. The smallest absolute Gasteiger partial charge is 0.0799 e. The number of aromatic amines is 1. The van der Waals surface area contributed by atoms with E-state index in [1.54, 1.807) is 0 Å². The minimum Gasteiger partial charge on any atom is -0.388 e. The molecule has 2 heterocycles. The molecule has 5 rings (SSSR count). The van der Waals surface area contributed by atoms with Crippen LogP contribution in [0, 0.1) is 0 Å². The van der Waals surface area contributed by atoms with Crippen molar-refractivity contribution in [2.45, 2.75) is 37.3 Å². The van der Waals surface area contributed by atoms with E-state index in [0.29, 0.717) is 6.04 Å². The number of nitrogens with zero attached hydrogens (tertiary/aromatic N) is 1. The molecule has 3 atom stereocenters. The van der Waals surface area contributed by atoms with Crippen molar-refractivity contribution in [2.24, 2.45) is 0 Å². The highest BCUT2D eigenvalue weighted by atomic mass is 16.3. The van der Waals surface area contributed by atoms with E-state index in [0.717, 1.165) is 37.0 Å². The van der Waals surface area contributed by atoms with Crippen LogP contribution in [0.5, 0.6) is 0 Å². The van der Waals surface area contributed by atoms with Crippen molar-refractivity contribution in [3.8, 4) is 0 Å². The summed E-state index contributed by atoms with van der Waals surface area (Å²) in [6, 6.07) is 30.1. The lowest BCUT2D eigenvalue weighted by Gasteiger charge is -2.34. The van der Waals surface area contributed by atoms with Crippen molar-refractivity contribution in [2.75, 3.05) is 13.1 Å². The number of H-pyrrole nitrogens is 1. The van der Waals surface area contributed by atoms with Crippen molar-refractivity contribution in [1.29, 1.82) is 0 Å². The zero-order valence-corrected chi connectivity index (χ0v) is 18.0. The molecule has 2 N–H and O–H groups in total. The first-order valence-corrected chi connectivity index (χ1v) is 11.2. The zero-order chi connectivity index (χ0) is 21.3. The van der Waals surface area contributed by atoms with Crippen molar-refractivity contribution < 1.29 is 5.11 Å². The van der Waals surface area contributed by atoms with Crippen molar-refractivity contribution in [3.05, 3.63) is 108 Å². The summed E-state index contributed by atoms with van der Waals surface area (Å²) in [6.07, 6.45) is 3.29. The highest BCUT2D eigenvalue weighted by Gasteiger charge is 2.42. The van der Waals surface area contributed by atoms with Gasteiger partial charge in [0.15, 0.2) is 0 Å². The Kier molecular flexibility index (Phi) is 5.39. The van der Waals surface area contributed by atoms with Crippen LogP contribution in [0.3, 0.4) is 0 Å². The number of aliphatic hydroxyl groups is 1. The number of aromatic nitrogens is 1. The summed E-state index contributed by atoms with van der Waals surface area (Å²) in [7, 11) is 0. The summed E-state index contributed by atoms with van der Waals surface area (Å²) in [4.78, 5) is 5.88. The molecule has 0 amide bonds. The molecular weight excluding hydrogens is 380 g/mol. The molecule has 3 heteroatoms. The maximum absolute atomic E-state index is 11.2. The molecule has 3 aromatic carbocycles. The Labute approximate surface area is 184 Å². The largest absolute Gasteiger partial charge is 0.388 e. The third kappa shape index (κ3) is 3.91. The van der Waals surface area contributed by atoms with Gasteiger partial charge in [-0.15, -0.1) is 0 Å². The molecule has 0 bridgehead atoms. The highest BCUT2D eigenvalue weighted by molar-refractivity contribution is 5.80. The maximum Gasteiger partial charge on any atom is 0.0799 e. The molecule has 31 heavy (non-hydrogen) atoms. The van der Waals surface area contributed by atoms with E-state index < -0.39 is 6.10 Å². The Bertz CT molecular complexity index is 1140. The van der Waals surface area contributed by atoms with E-state index in [9.17, 15) is 5.11 Å². The van der Waals surface area contributed by atoms with Crippen molar-refractivity contribution >= 4 is 10.9 Å². The molecular formula is C28H30N2O. The standard InChI is InChI=1S/C28H30N2O/c1-21(22-8-4-2-5-9-22)30-17-15-28(20-30,19-27(31)23-10-6-3-7-11-23)25-12-13-26-24(18-25)14-16-29-26/h2-14,16,18,21,27,29,31H,15,17,19-20H2,1H3/t21-,27?,28?/m1/s1. The van der Waals surface area contributed by atoms with Crippen LogP contribution >= 0.6 is 0 Å². The SMILES string of the molecule is C[C@H](c1ccccc1)N1CCC(CC(O)c2ccccc2)(c2ccc3[nH]ccc3c2)C1. The van der Waals surface area contributed by atoms with Gasteiger partial charge in [0.2, 0.25) is 0 Å². The van der Waals surface area contributed by atoms with Crippen molar-refractivity contribution in [3.63, 3.8) is 0 Å². The Balaban J connectivity index is 1.49. The molecule has 2 unspecified atom stereocenters. The van der Waals surface area contributed by atoms with Gasteiger partial charge in [0.1, 0.15) is 0 Å². The molecule has 1 aromatic heterocycles. The number of aliphatic hydroxyl groups excluding tert-OH is 1. The van der Waals surface area contributed by atoms with E-state index in [-0.39, 0.29) is 5.41 Å². The van der Waals surface area contributed by atoms with Gasteiger partial charge >= 0.3 is 0 Å². The Morgan fingerprint density at radius 3 is 2.39 bits per heavy atom. The van der Waals surface area contributed by atoms with E-state index in [4.69, 9.17) is 0 Å². The number of hydrogen-bond acceptors (Lipinski definition) is 2. The average molecular weight is 411 g/mol. The first kappa shape index (κ1) is 20.0. The molecule has 1 saturated heterocycles. The van der Waals surface area contributed by atoms with Gasteiger partial charge in [-0.1, -0.05) is 66.7 Å². The first-order chi connectivity index (χ1) is 15.1. The molecule has 0 radical (unpaired) electrons. The van der Waals surface area contributed by atoms with Gasteiger partial charge in [0, 0.05) is 29.7 Å². The van der Waals surface area contributed by atoms with Gasteiger partial charge in [-0.3, -0.25) is 4.90 Å². The predicted molar refractivity (Wildman–Crippen MR) is 127 cm³/mol. The Hall–Kier alpha value is -2.88. The van der Waals surface area contributed by atoms with E-state index in [2.05, 4.69) is 71.4 Å². The number of fused-ring (bicyclic) bond motifs is 1. The van der Waals surface area contributed by atoms with E-state index in [1.165, 1.54) is 16.5 Å². The Morgan fingerprint density at radius 2 is 1.65 bits per heavy atom. The normalized spacial score (nSPS) is 21.4. The van der Waals surface area contributed by atoms with Gasteiger partial charge < -0.3 is 10.1 Å². The van der Waals surface area contributed by atoms with Gasteiger partial charge in [-0.25, -0.2) is 0 Å². The summed E-state index contributed by atoms with van der Waals surface area (Å²) >= 11 is 0. The van der Waals surface area contributed by atoms with Crippen LogP contribution in [0.1, 0.15) is 48.6 Å². The number of rotatable bonds is 6.